The van der Waals surface area contributed by atoms with Gasteiger partial charge in [-0.25, -0.2) is 4.39 Å². The number of hydrogen-bond acceptors (Lipinski definition) is 3. The Morgan fingerprint density at radius 3 is 2.79 bits per heavy atom. The first-order chi connectivity index (χ1) is 8.63. The van der Waals surface area contributed by atoms with Crippen LogP contribution in [0.1, 0.15) is 15.2 Å². The standard InChI is InChI=1S/C13H15FN2OS.ClH/c1-8-10-7-9(14)3-4-11(10)18-12(8)13(17)16-6-5-15-2;/h3-4,7,15H,5-6H2,1-2H3,(H,16,17);1H. The summed E-state index contributed by atoms with van der Waals surface area (Å²) < 4.78 is 14.1. The molecule has 1 heterocycles. The van der Waals surface area contributed by atoms with E-state index in [1.807, 2.05) is 14.0 Å². The Morgan fingerprint density at radius 1 is 1.37 bits per heavy atom. The highest BCUT2D eigenvalue weighted by Gasteiger charge is 2.15. The molecule has 0 unspecified atom stereocenters. The van der Waals surface area contributed by atoms with Crippen molar-refractivity contribution in [2.45, 2.75) is 6.92 Å². The molecule has 0 aliphatic carbocycles. The van der Waals surface area contributed by atoms with Gasteiger partial charge in [0.2, 0.25) is 0 Å². The first kappa shape index (κ1) is 15.9. The van der Waals surface area contributed by atoms with Crippen LogP contribution in [0.2, 0.25) is 0 Å². The fraction of sp³-hybridized carbons (Fsp3) is 0.308. The molecule has 0 saturated heterocycles. The number of thiophene rings is 1. The fourth-order valence-corrected chi connectivity index (χ4v) is 2.90. The van der Waals surface area contributed by atoms with Crippen molar-refractivity contribution in [3.05, 3.63) is 34.5 Å². The molecule has 0 bridgehead atoms. The highest BCUT2D eigenvalue weighted by atomic mass is 35.5. The van der Waals surface area contributed by atoms with Gasteiger partial charge in [-0.2, -0.15) is 0 Å². The summed E-state index contributed by atoms with van der Waals surface area (Å²) in [5, 5.41) is 6.61. The zero-order chi connectivity index (χ0) is 13.1. The highest BCUT2D eigenvalue weighted by molar-refractivity contribution is 7.21. The van der Waals surface area contributed by atoms with Crippen LogP contribution >= 0.6 is 23.7 Å². The van der Waals surface area contributed by atoms with E-state index in [0.29, 0.717) is 11.4 Å². The molecule has 0 atom stereocenters. The maximum atomic E-state index is 13.2. The molecule has 0 saturated carbocycles. The zero-order valence-electron chi connectivity index (χ0n) is 10.7. The zero-order valence-corrected chi connectivity index (χ0v) is 12.4. The van der Waals surface area contributed by atoms with Crippen molar-refractivity contribution in [2.24, 2.45) is 0 Å². The number of hydrogen-bond donors (Lipinski definition) is 2. The average Bonchev–Trinajstić information content (AvgIpc) is 2.67. The minimum Gasteiger partial charge on any atom is -0.350 e. The van der Waals surface area contributed by atoms with E-state index in [2.05, 4.69) is 10.6 Å². The summed E-state index contributed by atoms with van der Waals surface area (Å²) in [6.45, 7) is 3.16. The number of amides is 1. The summed E-state index contributed by atoms with van der Waals surface area (Å²) in [6, 6.07) is 4.61. The van der Waals surface area contributed by atoms with Crippen molar-refractivity contribution < 1.29 is 9.18 Å². The summed E-state index contributed by atoms with van der Waals surface area (Å²) in [5.74, 6) is -0.366. The number of fused-ring (bicyclic) bond motifs is 1. The molecule has 104 valence electrons. The number of carbonyl (C=O) groups excluding carboxylic acids is 1. The largest absolute Gasteiger partial charge is 0.350 e. The molecule has 2 N–H and O–H groups in total. The van der Waals surface area contributed by atoms with Crippen LogP contribution in [0, 0.1) is 12.7 Å². The summed E-state index contributed by atoms with van der Waals surface area (Å²) in [6.07, 6.45) is 0. The lowest BCUT2D eigenvalue weighted by atomic mass is 10.1. The average molecular weight is 303 g/mol. The lowest BCUT2D eigenvalue weighted by Crippen LogP contribution is -2.30. The second-order valence-corrected chi connectivity index (χ2v) is 5.11. The van der Waals surface area contributed by atoms with E-state index < -0.39 is 0 Å². The van der Waals surface area contributed by atoms with Crippen LogP contribution in [0.5, 0.6) is 0 Å². The second-order valence-electron chi connectivity index (χ2n) is 4.06. The number of nitrogens with one attached hydrogen (secondary N) is 2. The number of aryl methyl sites for hydroxylation is 1. The van der Waals surface area contributed by atoms with Crippen LogP contribution in [0.3, 0.4) is 0 Å². The van der Waals surface area contributed by atoms with Gasteiger partial charge in [0, 0.05) is 17.8 Å². The van der Waals surface area contributed by atoms with Gasteiger partial charge in [0.1, 0.15) is 5.82 Å². The summed E-state index contributed by atoms with van der Waals surface area (Å²) in [4.78, 5) is 12.6. The van der Waals surface area contributed by atoms with Gasteiger partial charge in [-0.15, -0.1) is 23.7 Å². The predicted octanol–water partition coefficient (Wildman–Crippen LogP) is 2.72. The van der Waals surface area contributed by atoms with E-state index in [9.17, 15) is 9.18 Å². The molecule has 1 amide bonds. The van der Waals surface area contributed by atoms with Crippen LogP contribution in [0.15, 0.2) is 18.2 Å². The van der Waals surface area contributed by atoms with Gasteiger partial charge in [0.05, 0.1) is 4.88 Å². The maximum absolute atomic E-state index is 13.2. The SMILES string of the molecule is CNCCNC(=O)c1sc2ccc(F)cc2c1C.Cl. The summed E-state index contributed by atoms with van der Waals surface area (Å²) in [5.41, 5.74) is 0.844. The monoisotopic (exact) mass is 302 g/mol. The van der Waals surface area contributed by atoms with Crippen molar-refractivity contribution in [1.29, 1.82) is 0 Å². The Morgan fingerprint density at radius 2 is 2.11 bits per heavy atom. The third-order valence-corrected chi connectivity index (χ3v) is 4.04. The predicted molar refractivity (Wildman–Crippen MR) is 80.0 cm³/mol. The molecule has 0 aliphatic rings. The van der Waals surface area contributed by atoms with Gasteiger partial charge in [0.25, 0.3) is 5.91 Å². The van der Waals surface area contributed by atoms with Crippen molar-refractivity contribution in [3.8, 4) is 0 Å². The fourth-order valence-electron chi connectivity index (χ4n) is 1.79. The molecule has 0 radical (unpaired) electrons. The molecule has 0 aliphatic heterocycles. The van der Waals surface area contributed by atoms with Gasteiger partial charge < -0.3 is 10.6 Å². The van der Waals surface area contributed by atoms with Crippen molar-refractivity contribution in [2.75, 3.05) is 20.1 Å². The Labute approximate surface area is 121 Å². The Balaban J connectivity index is 0.00000180. The van der Waals surface area contributed by atoms with E-state index in [1.54, 1.807) is 6.07 Å². The normalized spacial score (nSPS) is 10.3. The Hall–Kier alpha value is -1.17. The molecule has 1 aromatic carbocycles. The maximum Gasteiger partial charge on any atom is 0.261 e. The number of benzene rings is 1. The van der Waals surface area contributed by atoms with Crippen LogP contribution in [0.25, 0.3) is 10.1 Å². The topological polar surface area (TPSA) is 41.1 Å². The van der Waals surface area contributed by atoms with Crippen molar-refractivity contribution >= 4 is 39.7 Å². The Bertz CT molecular complexity index is 585. The summed E-state index contributed by atoms with van der Waals surface area (Å²) >= 11 is 1.40. The third-order valence-electron chi connectivity index (χ3n) is 2.77. The highest BCUT2D eigenvalue weighted by Crippen LogP contribution is 2.31. The van der Waals surface area contributed by atoms with E-state index in [0.717, 1.165) is 22.2 Å². The van der Waals surface area contributed by atoms with Crippen LogP contribution in [-0.2, 0) is 0 Å². The van der Waals surface area contributed by atoms with Gasteiger partial charge in [0.15, 0.2) is 0 Å². The molecule has 2 rings (SSSR count). The van der Waals surface area contributed by atoms with E-state index in [-0.39, 0.29) is 24.1 Å². The lowest BCUT2D eigenvalue weighted by molar-refractivity contribution is 0.0957. The molecular formula is C13H16ClFN2OS. The first-order valence-corrected chi connectivity index (χ1v) is 6.56. The molecule has 3 nitrogen and oxygen atoms in total. The molecule has 0 fully saturated rings. The Kier molecular flexibility index (Phi) is 5.72. The first-order valence-electron chi connectivity index (χ1n) is 5.75. The molecule has 2 aromatic rings. The third kappa shape index (κ3) is 3.43. The second kappa shape index (κ2) is 6.84. The number of likely N-dealkylation sites (N-methyl/N-ethyl adjacent to an activating group) is 1. The molecule has 0 spiro atoms. The van der Waals surface area contributed by atoms with Crippen LogP contribution in [0.4, 0.5) is 4.39 Å². The minimum atomic E-state index is -0.273. The van der Waals surface area contributed by atoms with Crippen LogP contribution < -0.4 is 10.6 Å². The number of halogens is 2. The van der Waals surface area contributed by atoms with E-state index in [1.165, 1.54) is 23.5 Å². The molecular weight excluding hydrogens is 287 g/mol. The smallest absolute Gasteiger partial charge is 0.261 e. The lowest BCUT2D eigenvalue weighted by Gasteiger charge is -2.03. The molecule has 6 heteroatoms. The van der Waals surface area contributed by atoms with E-state index in [4.69, 9.17) is 0 Å². The minimum absolute atomic E-state index is 0. The summed E-state index contributed by atoms with van der Waals surface area (Å²) in [7, 11) is 1.83. The van der Waals surface area contributed by atoms with E-state index >= 15 is 0 Å². The van der Waals surface area contributed by atoms with Crippen LogP contribution in [-0.4, -0.2) is 26.0 Å². The number of rotatable bonds is 4. The van der Waals surface area contributed by atoms with Crippen molar-refractivity contribution in [3.63, 3.8) is 0 Å². The molecule has 19 heavy (non-hydrogen) atoms. The number of carbonyl (C=O) groups is 1. The quantitative estimate of drug-likeness (QED) is 0.853. The van der Waals surface area contributed by atoms with Gasteiger partial charge in [-0.3, -0.25) is 4.79 Å². The van der Waals surface area contributed by atoms with Gasteiger partial charge in [-0.1, -0.05) is 0 Å². The van der Waals surface area contributed by atoms with Gasteiger partial charge in [-0.05, 0) is 43.1 Å². The van der Waals surface area contributed by atoms with Gasteiger partial charge >= 0.3 is 0 Å². The van der Waals surface area contributed by atoms with Crippen molar-refractivity contribution in [1.82, 2.24) is 10.6 Å². The molecule has 1 aromatic heterocycles.